The number of nitrogens with zero attached hydrogens (tertiary/aromatic N) is 3. The molecule has 2 aromatic heterocycles. The van der Waals surface area contributed by atoms with E-state index in [0.717, 1.165) is 18.3 Å². The summed E-state index contributed by atoms with van der Waals surface area (Å²) in [7, 11) is 1.78. The average molecular weight is 444 g/mol. The largest absolute Gasteiger partial charge is 0.461 e. The van der Waals surface area contributed by atoms with Crippen LogP contribution in [-0.4, -0.2) is 34.7 Å². The van der Waals surface area contributed by atoms with Crippen molar-refractivity contribution < 1.29 is 4.42 Å². The SMILES string of the molecule is CCC1(CNC(=NC)NCc2nc(-c3ccco3)n[nH]2)CCC1.I. The molecule has 0 amide bonds. The van der Waals surface area contributed by atoms with Crippen LogP contribution in [0.1, 0.15) is 38.4 Å². The molecule has 2 heterocycles. The van der Waals surface area contributed by atoms with Gasteiger partial charge in [-0.1, -0.05) is 13.3 Å². The normalized spacial score (nSPS) is 16.2. The summed E-state index contributed by atoms with van der Waals surface area (Å²) in [6, 6.07) is 3.66. The summed E-state index contributed by atoms with van der Waals surface area (Å²) in [6.45, 7) is 3.77. The lowest BCUT2D eigenvalue weighted by Crippen LogP contribution is -2.46. The Balaban J connectivity index is 0.00000208. The third-order valence-electron chi connectivity index (χ3n) is 4.72. The van der Waals surface area contributed by atoms with Crippen molar-refractivity contribution in [3.63, 3.8) is 0 Å². The quantitative estimate of drug-likeness (QED) is 0.362. The van der Waals surface area contributed by atoms with E-state index in [4.69, 9.17) is 4.42 Å². The third kappa shape index (κ3) is 4.28. The molecule has 0 saturated heterocycles. The highest BCUT2D eigenvalue weighted by atomic mass is 127. The number of halogens is 1. The van der Waals surface area contributed by atoms with Crippen LogP contribution in [0.5, 0.6) is 0 Å². The molecule has 0 radical (unpaired) electrons. The molecule has 0 spiro atoms. The van der Waals surface area contributed by atoms with Gasteiger partial charge in [0.2, 0.25) is 5.82 Å². The topological polar surface area (TPSA) is 91.1 Å². The Labute approximate surface area is 159 Å². The number of hydrogen-bond acceptors (Lipinski definition) is 4. The number of aliphatic imine (C=N–C) groups is 1. The second-order valence-corrected chi connectivity index (χ2v) is 6.07. The molecular formula is C16H25IN6O. The van der Waals surface area contributed by atoms with Crippen LogP contribution in [0, 0.1) is 5.41 Å². The van der Waals surface area contributed by atoms with Crippen molar-refractivity contribution >= 4 is 29.9 Å². The van der Waals surface area contributed by atoms with E-state index in [1.54, 1.807) is 13.3 Å². The van der Waals surface area contributed by atoms with Gasteiger partial charge in [0.25, 0.3) is 0 Å². The molecule has 8 heteroatoms. The highest BCUT2D eigenvalue weighted by Gasteiger charge is 2.34. The molecule has 0 bridgehead atoms. The summed E-state index contributed by atoms with van der Waals surface area (Å²) in [5.74, 6) is 2.76. The van der Waals surface area contributed by atoms with Gasteiger partial charge in [0.1, 0.15) is 5.82 Å². The van der Waals surface area contributed by atoms with Crippen molar-refractivity contribution in [3.05, 3.63) is 24.2 Å². The fraction of sp³-hybridized carbons (Fsp3) is 0.562. The Hall–Kier alpha value is -1.58. The molecule has 0 atom stereocenters. The number of rotatable bonds is 6. The lowest BCUT2D eigenvalue weighted by atomic mass is 9.67. The maximum Gasteiger partial charge on any atom is 0.216 e. The summed E-state index contributed by atoms with van der Waals surface area (Å²) in [5, 5.41) is 13.8. The van der Waals surface area contributed by atoms with Crippen LogP contribution in [0.3, 0.4) is 0 Å². The predicted molar refractivity (Wildman–Crippen MR) is 104 cm³/mol. The van der Waals surface area contributed by atoms with Crippen molar-refractivity contribution in [2.75, 3.05) is 13.6 Å². The fourth-order valence-corrected chi connectivity index (χ4v) is 2.88. The van der Waals surface area contributed by atoms with Gasteiger partial charge >= 0.3 is 0 Å². The Bertz CT molecular complexity index is 642. The van der Waals surface area contributed by atoms with Gasteiger partial charge in [-0.05, 0) is 36.8 Å². The number of guanidine groups is 1. The minimum Gasteiger partial charge on any atom is -0.461 e. The molecule has 1 aliphatic rings. The molecule has 7 nitrogen and oxygen atoms in total. The molecule has 1 saturated carbocycles. The van der Waals surface area contributed by atoms with E-state index < -0.39 is 0 Å². The van der Waals surface area contributed by atoms with Crippen molar-refractivity contribution in [1.82, 2.24) is 25.8 Å². The first kappa shape index (κ1) is 18.8. The van der Waals surface area contributed by atoms with E-state index in [9.17, 15) is 0 Å². The van der Waals surface area contributed by atoms with Crippen molar-refractivity contribution in [1.29, 1.82) is 0 Å². The highest BCUT2D eigenvalue weighted by molar-refractivity contribution is 14.0. The molecule has 3 rings (SSSR count). The number of furan rings is 1. The molecule has 3 N–H and O–H groups in total. The third-order valence-corrected chi connectivity index (χ3v) is 4.72. The van der Waals surface area contributed by atoms with Crippen molar-refractivity contribution in [3.8, 4) is 11.6 Å². The second-order valence-electron chi connectivity index (χ2n) is 6.07. The first-order chi connectivity index (χ1) is 11.2. The molecule has 1 fully saturated rings. The molecule has 1 aliphatic carbocycles. The number of aromatic nitrogens is 3. The Kier molecular flexibility index (Phi) is 6.64. The summed E-state index contributed by atoms with van der Waals surface area (Å²) >= 11 is 0. The zero-order valence-corrected chi connectivity index (χ0v) is 16.5. The number of nitrogens with one attached hydrogen (secondary N) is 3. The summed E-state index contributed by atoms with van der Waals surface area (Å²) in [5.41, 5.74) is 0.455. The number of aromatic amines is 1. The zero-order chi connectivity index (χ0) is 16.1. The minimum absolute atomic E-state index is 0. The van der Waals surface area contributed by atoms with Gasteiger partial charge in [-0.3, -0.25) is 10.1 Å². The molecular weight excluding hydrogens is 419 g/mol. The van der Waals surface area contributed by atoms with Gasteiger partial charge in [-0.2, -0.15) is 0 Å². The van der Waals surface area contributed by atoms with E-state index in [0.29, 0.717) is 23.5 Å². The summed E-state index contributed by atoms with van der Waals surface area (Å²) in [6.07, 6.45) is 6.78. The average Bonchev–Trinajstić information content (AvgIpc) is 3.20. The monoisotopic (exact) mass is 444 g/mol. The first-order valence-corrected chi connectivity index (χ1v) is 8.14. The Morgan fingerprint density at radius 3 is 2.83 bits per heavy atom. The van der Waals surface area contributed by atoms with Crippen LogP contribution in [0.15, 0.2) is 27.8 Å². The fourth-order valence-electron chi connectivity index (χ4n) is 2.88. The van der Waals surface area contributed by atoms with Gasteiger partial charge in [-0.15, -0.1) is 29.1 Å². The lowest BCUT2D eigenvalue weighted by molar-refractivity contribution is 0.131. The molecule has 0 unspecified atom stereocenters. The Morgan fingerprint density at radius 2 is 2.25 bits per heavy atom. The van der Waals surface area contributed by atoms with Gasteiger partial charge in [0.15, 0.2) is 11.7 Å². The summed E-state index contributed by atoms with van der Waals surface area (Å²) in [4.78, 5) is 8.68. The van der Waals surface area contributed by atoms with Crippen LogP contribution in [0.25, 0.3) is 11.6 Å². The van der Waals surface area contributed by atoms with Gasteiger partial charge < -0.3 is 15.1 Å². The van der Waals surface area contributed by atoms with E-state index in [1.165, 1.54) is 25.7 Å². The van der Waals surface area contributed by atoms with Crippen LogP contribution in [0.2, 0.25) is 0 Å². The van der Waals surface area contributed by atoms with E-state index >= 15 is 0 Å². The maximum absolute atomic E-state index is 5.29. The number of H-pyrrole nitrogens is 1. The molecule has 0 aromatic carbocycles. The van der Waals surface area contributed by atoms with Crippen molar-refractivity contribution in [2.24, 2.45) is 10.4 Å². The van der Waals surface area contributed by atoms with Crippen LogP contribution in [-0.2, 0) is 6.54 Å². The lowest BCUT2D eigenvalue weighted by Gasteiger charge is -2.41. The predicted octanol–water partition coefficient (Wildman–Crippen LogP) is 2.93. The van der Waals surface area contributed by atoms with Crippen molar-refractivity contribution in [2.45, 2.75) is 39.2 Å². The summed E-state index contributed by atoms with van der Waals surface area (Å²) < 4.78 is 5.29. The second kappa shape index (κ2) is 8.50. The van der Waals surface area contributed by atoms with Gasteiger partial charge in [-0.25, -0.2) is 4.98 Å². The number of hydrogen-bond donors (Lipinski definition) is 3. The van der Waals surface area contributed by atoms with E-state index in [1.807, 2.05) is 12.1 Å². The van der Waals surface area contributed by atoms with Gasteiger partial charge in [0, 0.05) is 13.6 Å². The maximum atomic E-state index is 5.29. The van der Waals surface area contributed by atoms with E-state index in [-0.39, 0.29) is 24.0 Å². The van der Waals surface area contributed by atoms with Crippen LogP contribution in [0.4, 0.5) is 0 Å². The van der Waals surface area contributed by atoms with E-state index in [2.05, 4.69) is 37.7 Å². The standard InChI is InChI=1S/C16H24N6O.HI/c1-3-16(7-5-8-16)11-19-15(17-2)18-10-13-20-14(22-21-13)12-6-4-9-23-12;/h4,6,9H,3,5,7-8,10-11H2,1-2H3,(H2,17,18,19)(H,20,21,22);1H. The van der Waals surface area contributed by atoms with Crippen LogP contribution >= 0.6 is 24.0 Å². The van der Waals surface area contributed by atoms with Gasteiger partial charge in [0.05, 0.1) is 12.8 Å². The van der Waals surface area contributed by atoms with Crippen LogP contribution < -0.4 is 10.6 Å². The molecule has 132 valence electrons. The molecule has 0 aliphatic heterocycles. The smallest absolute Gasteiger partial charge is 0.216 e. The minimum atomic E-state index is 0. The first-order valence-electron chi connectivity index (χ1n) is 8.14. The molecule has 24 heavy (non-hydrogen) atoms. The Morgan fingerprint density at radius 1 is 1.42 bits per heavy atom. The zero-order valence-electron chi connectivity index (χ0n) is 14.1. The molecule has 2 aromatic rings. The highest BCUT2D eigenvalue weighted by Crippen LogP contribution is 2.42.